The second-order valence-electron chi connectivity index (χ2n) is 8.39. The van der Waals surface area contributed by atoms with Gasteiger partial charge in [-0.15, -0.1) is 0 Å². The van der Waals surface area contributed by atoms with Gasteiger partial charge in [-0.3, -0.25) is 9.59 Å². The van der Waals surface area contributed by atoms with Crippen LogP contribution in [-0.4, -0.2) is 53.6 Å². The number of piperidine rings is 1. The first-order valence-electron chi connectivity index (χ1n) is 9.19. The highest BCUT2D eigenvalue weighted by molar-refractivity contribution is 5.93. The Bertz CT molecular complexity index is 654. The minimum atomic E-state index is -1.44. The van der Waals surface area contributed by atoms with Crippen molar-refractivity contribution in [1.29, 1.82) is 0 Å². The molecule has 1 unspecified atom stereocenters. The van der Waals surface area contributed by atoms with Crippen molar-refractivity contribution in [3.8, 4) is 0 Å². The molecule has 1 heterocycles. The topological polar surface area (TPSA) is 81.7 Å². The van der Waals surface area contributed by atoms with Crippen LogP contribution < -0.4 is 10.6 Å². The van der Waals surface area contributed by atoms with E-state index in [4.69, 9.17) is 0 Å². The quantitative estimate of drug-likeness (QED) is 0.723. The molecule has 1 atom stereocenters. The van der Waals surface area contributed by atoms with Gasteiger partial charge in [0.1, 0.15) is 0 Å². The highest BCUT2D eigenvalue weighted by atomic mass is 16.3. The third kappa shape index (κ3) is 5.54. The van der Waals surface area contributed by atoms with Gasteiger partial charge in [0.25, 0.3) is 5.91 Å². The minimum absolute atomic E-state index is 0.0191. The summed E-state index contributed by atoms with van der Waals surface area (Å²) in [5.41, 5.74) is 0.296. The zero-order valence-electron chi connectivity index (χ0n) is 16.3. The van der Waals surface area contributed by atoms with Crippen LogP contribution in [0.15, 0.2) is 24.3 Å². The van der Waals surface area contributed by atoms with E-state index in [0.717, 1.165) is 17.7 Å². The molecule has 0 aliphatic carbocycles. The van der Waals surface area contributed by atoms with Crippen molar-refractivity contribution >= 4 is 17.5 Å². The van der Waals surface area contributed by atoms with E-state index in [2.05, 4.69) is 31.4 Å². The Kier molecular flexibility index (Phi) is 6.42. The Hall–Kier alpha value is -1.92. The van der Waals surface area contributed by atoms with Crippen molar-refractivity contribution in [2.24, 2.45) is 5.41 Å². The van der Waals surface area contributed by atoms with Crippen LogP contribution in [0.1, 0.15) is 39.2 Å². The molecule has 6 heteroatoms. The van der Waals surface area contributed by atoms with Gasteiger partial charge < -0.3 is 20.6 Å². The van der Waals surface area contributed by atoms with Crippen LogP contribution in [0.5, 0.6) is 0 Å². The SMILES string of the molecule is Cc1ccccc1NC(=O)CNCC1(O)CCCN(CC(C)(C)C)C1=O. The van der Waals surface area contributed by atoms with E-state index in [-0.39, 0.29) is 30.3 Å². The standard InChI is InChI=1S/C20H31N3O3/c1-15-8-5-6-9-16(15)22-17(24)12-21-13-20(26)10-7-11-23(18(20)25)14-19(2,3)4/h5-6,8-9,21,26H,7,10-14H2,1-4H3,(H,22,24). The summed E-state index contributed by atoms with van der Waals surface area (Å²) in [6.07, 6.45) is 1.17. The van der Waals surface area contributed by atoms with Gasteiger partial charge >= 0.3 is 0 Å². The number of amides is 2. The van der Waals surface area contributed by atoms with Crippen LogP contribution in [-0.2, 0) is 9.59 Å². The number of aryl methyl sites for hydroxylation is 1. The molecule has 1 fully saturated rings. The van der Waals surface area contributed by atoms with Gasteiger partial charge in [-0.25, -0.2) is 0 Å². The zero-order chi connectivity index (χ0) is 19.4. The average Bonchev–Trinajstić information content (AvgIpc) is 2.53. The van der Waals surface area contributed by atoms with Gasteiger partial charge in [-0.2, -0.15) is 0 Å². The van der Waals surface area contributed by atoms with Crippen molar-refractivity contribution < 1.29 is 14.7 Å². The number of anilines is 1. The summed E-state index contributed by atoms with van der Waals surface area (Å²) in [5.74, 6) is -0.441. The number of likely N-dealkylation sites (tertiary alicyclic amines) is 1. The molecule has 0 bridgehead atoms. The molecule has 0 spiro atoms. The normalized spacial score (nSPS) is 21.0. The predicted octanol–water partition coefficient (Wildman–Crippen LogP) is 1.92. The Morgan fingerprint density at radius 3 is 2.65 bits per heavy atom. The predicted molar refractivity (Wildman–Crippen MR) is 103 cm³/mol. The molecule has 0 saturated carbocycles. The fourth-order valence-electron chi connectivity index (χ4n) is 3.24. The third-order valence-electron chi connectivity index (χ3n) is 4.49. The molecule has 1 aliphatic rings. The lowest BCUT2D eigenvalue weighted by Crippen LogP contribution is -2.59. The summed E-state index contributed by atoms with van der Waals surface area (Å²) >= 11 is 0. The second-order valence-corrected chi connectivity index (χ2v) is 8.39. The van der Waals surface area contributed by atoms with Crippen LogP contribution in [0.2, 0.25) is 0 Å². The number of rotatable bonds is 6. The summed E-state index contributed by atoms with van der Waals surface area (Å²) in [6.45, 7) is 9.55. The smallest absolute Gasteiger partial charge is 0.255 e. The van der Waals surface area contributed by atoms with Crippen molar-refractivity contribution in [3.63, 3.8) is 0 Å². The molecule has 0 aromatic heterocycles. The van der Waals surface area contributed by atoms with Crippen LogP contribution >= 0.6 is 0 Å². The molecule has 26 heavy (non-hydrogen) atoms. The second kappa shape index (κ2) is 8.18. The molecule has 2 rings (SSSR count). The first kappa shape index (κ1) is 20.4. The average molecular weight is 361 g/mol. The summed E-state index contributed by atoms with van der Waals surface area (Å²) in [5, 5.41) is 16.5. The summed E-state index contributed by atoms with van der Waals surface area (Å²) in [6, 6.07) is 7.55. The molecular formula is C20H31N3O3. The Morgan fingerprint density at radius 1 is 1.31 bits per heavy atom. The molecule has 1 aromatic carbocycles. The summed E-state index contributed by atoms with van der Waals surface area (Å²) in [4.78, 5) is 26.5. The first-order valence-corrected chi connectivity index (χ1v) is 9.19. The van der Waals surface area contributed by atoms with E-state index in [1.54, 1.807) is 4.90 Å². The number of aliphatic hydroxyl groups is 1. The molecular weight excluding hydrogens is 330 g/mol. The number of para-hydroxylation sites is 1. The Balaban J connectivity index is 1.86. The fraction of sp³-hybridized carbons (Fsp3) is 0.600. The number of carbonyl (C=O) groups is 2. The minimum Gasteiger partial charge on any atom is -0.379 e. The number of hydrogen-bond donors (Lipinski definition) is 3. The van der Waals surface area contributed by atoms with Gasteiger partial charge in [0.15, 0.2) is 5.60 Å². The first-order chi connectivity index (χ1) is 12.1. The van der Waals surface area contributed by atoms with E-state index in [1.807, 2.05) is 31.2 Å². The maximum absolute atomic E-state index is 12.7. The van der Waals surface area contributed by atoms with Crippen molar-refractivity contribution in [1.82, 2.24) is 10.2 Å². The fourth-order valence-corrected chi connectivity index (χ4v) is 3.24. The van der Waals surface area contributed by atoms with Gasteiger partial charge in [-0.05, 0) is 36.8 Å². The highest BCUT2D eigenvalue weighted by Gasteiger charge is 2.42. The molecule has 1 aromatic rings. The van der Waals surface area contributed by atoms with Crippen molar-refractivity contribution in [2.45, 2.75) is 46.1 Å². The van der Waals surface area contributed by atoms with Crippen LogP contribution in [0.3, 0.4) is 0 Å². The molecule has 0 radical (unpaired) electrons. The Labute approximate surface area is 156 Å². The molecule has 1 saturated heterocycles. The Morgan fingerprint density at radius 2 is 2.00 bits per heavy atom. The summed E-state index contributed by atoms with van der Waals surface area (Å²) < 4.78 is 0. The van der Waals surface area contributed by atoms with Gasteiger partial charge in [0.2, 0.25) is 5.91 Å². The molecule has 1 aliphatic heterocycles. The van der Waals surface area contributed by atoms with Crippen LogP contribution in [0, 0.1) is 12.3 Å². The largest absolute Gasteiger partial charge is 0.379 e. The van der Waals surface area contributed by atoms with E-state index < -0.39 is 5.60 Å². The lowest BCUT2D eigenvalue weighted by atomic mass is 9.88. The molecule has 2 amide bonds. The lowest BCUT2D eigenvalue weighted by Gasteiger charge is -2.40. The molecule has 3 N–H and O–H groups in total. The van der Waals surface area contributed by atoms with Gasteiger partial charge in [0, 0.05) is 25.3 Å². The number of benzene rings is 1. The van der Waals surface area contributed by atoms with E-state index in [9.17, 15) is 14.7 Å². The number of carbonyl (C=O) groups excluding carboxylic acids is 2. The van der Waals surface area contributed by atoms with Crippen LogP contribution in [0.25, 0.3) is 0 Å². The van der Waals surface area contributed by atoms with E-state index in [1.165, 1.54) is 0 Å². The number of nitrogens with zero attached hydrogens (tertiary/aromatic N) is 1. The molecule has 144 valence electrons. The maximum atomic E-state index is 12.7. The summed E-state index contributed by atoms with van der Waals surface area (Å²) in [7, 11) is 0. The van der Waals surface area contributed by atoms with Crippen LogP contribution in [0.4, 0.5) is 5.69 Å². The number of nitrogens with one attached hydrogen (secondary N) is 2. The van der Waals surface area contributed by atoms with E-state index >= 15 is 0 Å². The highest BCUT2D eigenvalue weighted by Crippen LogP contribution is 2.25. The van der Waals surface area contributed by atoms with E-state index in [0.29, 0.717) is 19.5 Å². The number of hydrogen-bond acceptors (Lipinski definition) is 4. The third-order valence-corrected chi connectivity index (χ3v) is 4.49. The van der Waals surface area contributed by atoms with Crippen molar-refractivity contribution in [2.75, 3.05) is 31.5 Å². The molecule has 6 nitrogen and oxygen atoms in total. The van der Waals surface area contributed by atoms with Gasteiger partial charge in [-0.1, -0.05) is 39.0 Å². The van der Waals surface area contributed by atoms with Gasteiger partial charge in [0.05, 0.1) is 6.54 Å². The van der Waals surface area contributed by atoms with Crippen molar-refractivity contribution in [3.05, 3.63) is 29.8 Å². The maximum Gasteiger partial charge on any atom is 0.255 e. The lowest BCUT2D eigenvalue weighted by molar-refractivity contribution is -0.158. The zero-order valence-corrected chi connectivity index (χ0v) is 16.3. The monoisotopic (exact) mass is 361 g/mol.